The summed E-state index contributed by atoms with van der Waals surface area (Å²) in [4.78, 5) is 11.5. The van der Waals surface area contributed by atoms with Crippen LogP contribution in [-0.4, -0.2) is 25.6 Å². The maximum absolute atomic E-state index is 11.5. The van der Waals surface area contributed by atoms with Gasteiger partial charge in [0.1, 0.15) is 5.41 Å². The van der Waals surface area contributed by atoms with Gasteiger partial charge in [0, 0.05) is 5.88 Å². The van der Waals surface area contributed by atoms with E-state index in [-0.39, 0.29) is 18.5 Å². The number of hydrogen-bond donors (Lipinski definition) is 0. The summed E-state index contributed by atoms with van der Waals surface area (Å²) in [6, 6.07) is 9.77. The summed E-state index contributed by atoms with van der Waals surface area (Å²) in [5.74, 6) is -0.172. The topological polar surface area (TPSA) is 35.5 Å². The molecule has 1 rings (SSSR count). The first-order valence-electron chi connectivity index (χ1n) is 5.38. The van der Waals surface area contributed by atoms with Gasteiger partial charge in [-0.1, -0.05) is 30.3 Å². The molecule has 0 spiro atoms. The first-order chi connectivity index (χ1) is 8.12. The smallest absolute Gasteiger partial charge is 0.315 e. The Morgan fingerprint density at radius 1 is 1.35 bits per heavy atom. The fourth-order valence-electron chi connectivity index (χ4n) is 1.37. The van der Waals surface area contributed by atoms with Gasteiger partial charge in [0.25, 0.3) is 0 Å². The predicted octanol–water partition coefficient (Wildman–Crippen LogP) is 2.62. The Morgan fingerprint density at radius 2 is 2.00 bits per heavy atom. The van der Waals surface area contributed by atoms with Crippen molar-refractivity contribution in [3.63, 3.8) is 0 Å². The van der Waals surface area contributed by atoms with Crippen LogP contribution in [0.1, 0.15) is 12.5 Å². The van der Waals surface area contributed by atoms with E-state index in [2.05, 4.69) is 0 Å². The van der Waals surface area contributed by atoms with Gasteiger partial charge in [-0.3, -0.25) is 4.79 Å². The van der Waals surface area contributed by atoms with Crippen LogP contribution < -0.4 is 0 Å². The average molecular weight is 257 g/mol. The highest BCUT2D eigenvalue weighted by Crippen LogP contribution is 2.21. The van der Waals surface area contributed by atoms with Crippen LogP contribution in [0.25, 0.3) is 0 Å². The zero-order valence-corrected chi connectivity index (χ0v) is 10.9. The number of carbonyl (C=O) groups is 1. The number of alkyl halides is 1. The molecule has 1 atom stereocenters. The molecular weight excluding hydrogens is 240 g/mol. The van der Waals surface area contributed by atoms with Crippen LogP contribution in [-0.2, 0) is 20.9 Å². The van der Waals surface area contributed by atoms with Crippen LogP contribution in [0.2, 0.25) is 0 Å². The molecule has 0 saturated carbocycles. The minimum absolute atomic E-state index is 0.175. The Balaban J connectivity index is 2.46. The van der Waals surface area contributed by atoms with Crippen molar-refractivity contribution in [1.29, 1.82) is 0 Å². The lowest BCUT2D eigenvalue weighted by molar-refractivity contribution is -0.154. The summed E-state index contributed by atoms with van der Waals surface area (Å²) in [5, 5.41) is 0. The molecule has 94 valence electrons. The van der Waals surface area contributed by atoms with Crippen molar-refractivity contribution >= 4 is 17.6 Å². The molecule has 0 N–H and O–H groups in total. The van der Waals surface area contributed by atoms with Crippen LogP contribution in [0, 0.1) is 5.41 Å². The first-order valence-corrected chi connectivity index (χ1v) is 5.92. The van der Waals surface area contributed by atoms with E-state index in [0.29, 0.717) is 6.61 Å². The minimum atomic E-state index is -0.787. The number of benzene rings is 1. The lowest BCUT2D eigenvalue weighted by Gasteiger charge is -2.23. The summed E-state index contributed by atoms with van der Waals surface area (Å²) in [5.41, 5.74) is 0.278. The van der Waals surface area contributed by atoms with Gasteiger partial charge in [0.15, 0.2) is 0 Å². The molecule has 1 aromatic rings. The van der Waals surface area contributed by atoms with Gasteiger partial charge in [-0.15, -0.1) is 11.6 Å². The van der Waals surface area contributed by atoms with E-state index in [9.17, 15) is 4.79 Å². The number of methoxy groups -OCH3 is 1. The maximum Gasteiger partial charge on any atom is 0.315 e. The number of esters is 1. The van der Waals surface area contributed by atoms with Gasteiger partial charge < -0.3 is 9.47 Å². The molecule has 0 saturated heterocycles. The molecule has 17 heavy (non-hydrogen) atoms. The van der Waals surface area contributed by atoms with Gasteiger partial charge in [-0.2, -0.15) is 0 Å². The Kier molecular flexibility index (Phi) is 5.45. The average Bonchev–Trinajstić information content (AvgIpc) is 2.38. The SMILES string of the molecule is COC(=O)C(C)(CCl)COCc1ccccc1. The fraction of sp³-hybridized carbons (Fsp3) is 0.462. The molecule has 0 aromatic heterocycles. The number of halogens is 1. The molecular formula is C13H17ClO3. The zero-order valence-electron chi connectivity index (χ0n) is 10.1. The summed E-state index contributed by atoms with van der Waals surface area (Å²) in [7, 11) is 1.35. The normalized spacial score (nSPS) is 14.1. The Morgan fingerprint density at radius 3 is 2.53 bits per heavy atom. The molecule has 3 nitrogen and oxygen atoms in total. The lowest BCUT2D eigenvalue weighted by Crippen LogP contribution is -2.35. The van der Waals surface area contributed by atoms with Crippen LogP contribution >= 0.6 is 11.6 Å². The molecule has 0 bridgehead atoms. The van der Waals surface area contributed by atoms with Gasteiger partial charge in [-0.05, 0) is 12.5 Å². The summed E-state index contributed by atoms with van der Waals surface area (Å²) in [6.45, 7) is 2.44. The van der Waals surface area contributed by atoms with Crippen molar-refractivity contribution in [2.45, 2.75) is 13.5 Å². The highest BCUT2D eigenvalue weighted by Gasteiger charge is 2.33. The molecule has 0 aliphatic heterocycles. The first kappa shape index (κ1) is 14.0. The minimum Gasteiger partial charge on any atom is -0.468 e. The zero-order chi connectivity index (χ0) is 12.7. The standard InChI is InChI=1S/C13H17ClO3/c1-13(9-14,12(15)16-2)10-17-8-11-6-4-3-5-7-11/h3-7H,8-10H2,1-2H3. The second-order valence-electron chi connectivity index (χ2n) is 4.16. The van der Waals surface area contributed by atoms with Gasteiger partial charge >= 0.3 is 5.97 Å². The third-order valence-electron chi connectivity index (χ3n) is 2.51. The molecule has 0 aliphatic rings. The summed E-state index contributed by atoms with van der Waals surface area (Å²) >= 11 is 5.78. The number of rotatable bonds is 6. The molecule has 0 heterocycles. The number of hydrogen-bond acceptors (Lipinski definition) is 3. The van der Waals surface area contributed by atoms with Crippen molar-refractivity contribution in [1.82, 2.24) is 0 Å². The van der Waals surface area contributed by atoms with Crippen LogP contribution in [0.3, 0.4) is 0 Å². The van der Waals surface area contributed by atoms with E-state index >= 15 is 0 Å². The van der Waals surface area contributed by atoms with E-state index in [4.69, 9.17) is 21.1 Å². The Hall–Kier alpha value is -1.06. The Bertz CT molecular complexity index is 353. The quantitative estimate of drug-likeness (QED) is 0.580. The molecule has 1 unspecified atom stereocenters. The Labute approximate surface area is 107 Å². The van der Waals surface area contributed by atoms with Crippen molar-refractivity contribution in [3.05, 3.63) is 35.9 Å². The van der Waals surface area contributed by atoms with E-state index in [1.807, 2.05) is 30.3 Å². The van der Waals surface area contributed by atoms with E-state index in [0.717, 1.165) is 5.56 Å². The van der Waals surface area contributed by atoms with Crippen LogP contribution in [0.15, 0.2) is 30.3 Å². The molecule has 4 heteroatoms. The van der Waals surface area contributed by atoms with Gasteiger partial charge in [-0.25, -0.2) is 0 Å². The summed E-state index contributed by atoms with van der Waals surface area (Å²) in [6.07, 6.45) is 0. The van der Waals surface area contributed by atoms with Crippen molar-refractivity contribution < 1.29 is 14.3 Å². The van der Waals surface area contributed by atoms with Gasteiger partial charge in [0.05, 0.1) is 20.3 Å². The van der Waals surface area contributed by atoms with Gasteiger partial charge in [0.2, 0.25) is 0 Å². The van der Waals surface area contributed by atoms with Crippen molar-refractivity contribution in [2.75, 3.05) is 19.6 Å². The van der Waals surface area contributed by atoms with Crippen molar-refractivity contribution in [3.8, 4) is 0 Å². The molecule has 0 aliphatic carbocycles. The monoisotopic (exact) mass is 256 g/mol. The highest BCUT2D eigenvalue weighted by molar-refractivity contribution is 6.19. The predicted molar refractivity (Wildman–Crippen MR) is 66.9 cm³/mol. The van der Waals surface area contributed by atoms with Crippen LogP contribution in [0.4, 0.5) is 0 Å². The lowest BCUT2D eigenvalue weighted by atomic mass is 9.95. The highest BCUT2D eigenvalue weighted by atomic mass is 35.5. The second-order valence-corrected chi connectivity index (χ2v) is 4.43. The molecule has 0 amide bonds. The maximum atomic E-state index is 11.5. The van der Waals surface area contributed by atoms with E-state index in [1.54, 1.807) is 6.92 Å². The molecule has 0 fully saturated rings. The van der Waals surface area contributed by atoms with Crippen LogP contribution in [0.5, 0.6) is 0 Å². The number of ether oxygens (including phenoxy) is 2. The summed E-state index contributed by atoms with van der Waals surface area (Å²) < 4.78 is 10.2. The van der Waals surface area contributed by atoms with E-state index in [1.165, 1.54) is 7.11 Å². The fourth-order valence-corrected chi connectivity index (χ4v) is 1.55. The van der Waals surface area contributed by atoms with E-state index < -0.39 is 5.41 Å². The third kappa shape index (κ3) is 4.02. The molecule has 0 radical (unpaired) electrons. The third-order valence-corrected chi connectivity index (χ3v) is 3.10. The number of carbonyl (C=O) groups excluding carboxylic acids is 1. The molecule has 1 aromatic carbocycles. The second kappa shape index (κ2) is 6.62. The van der Waals surface area contributed by atoms with Crippen molar-refractivity contribution in [2.24, 2.45) is 5.41 Å². The largest absolute Gasteiger partial charge is 0.468 e.